The zero-order valence-corrected chi connectivity index (χ0v) is 45.4. The van der Waals surface area contributed by atoms with Crippen LogP contribution < -0.4 is 5.11 Å². The molecule has 0 saturated heterocycles. The molecular formula is C36H95N14OP5. The van der Waals surface area contributed by atoms with Crippen molar-refractivity contribution in [2.24, 2.45) is 18.1 Å². The van der Waals surface area contributed by atoms with Gasteiger partial charge in [-0.15, -0.1) is 6.61 Å². The van der Waals surface area contributed by atoms with Gasteiger partial charge in [0, 0.05) is 13.1 Å². The Morgan fingerprint density at radius 3 is 0.821 bits per heavy atom. The first kappa shape index (κ1) is 59.0. The highest BCUT2D eigenvalue weighted by atomic mass is 31.3. The topological polar surface area (TPSA) is 105 Å². The van der Waals surface area contributed by atoms with Crippen LogP contribution in [0, 0.1) is 0 Å². The summed E-state index contributed by atoms with van der Waals surface area (Å²) in [5, 5.41) is 8.93. The summed E-state index contributed by atoms with van der Waals surface area (Å²) in [5.41, 5.74) is 0. The van der Waals surface area contributed by atoms with Crippen molar-refractivity contribution in [3.8, 4) is 0 Å². The molecule has 340 valence electrons. The summed E-state index contributed by atoms with van der Waals surface area (Å²) >= 11 is 0. The second kappa shape index (κ2) is 30.0. The first-order chi connectivity index (χ1) is 26.0. The lowest BCUT2D eigenvalue weighted by Crippen LogP contribution is -2.32. The second-order valence-corrected chi connectivity index (χ2v) is 31.7. The summed E-state index contributed by atoms with van der Waals surface area (Å²) in [6.07, 6.45) is 15.5. The number of rotatable bonds is 28. The molecule has 0 amide bonds. The maximum atomic E-state index is 8.93. The first-order valence-corrected chi connectivity index (χ1v) is 28.2. The van der Waals surface area contributed by atoms with E-state index >= 15 is 0 Å². The minimum atomic E-state index is -3.24. The molecule has 0 saturated carbocycles. The molecule has 0 fully saturated rings. The molecule has 0 aromatic heterocycles. The van der Waals surface area contributed by atoms with E-state index in [0.29, 0.717) is 0 Å². The zero-order valence-electron chi connectivity index (χ0n) is 40.6. The van der Waals surface area contributed by atoms with E-state index in [1.54, 1.807) is 6.92 Å². The average Bonchev–Trinajstić information content (AvgIpc) is 3.08. The van der Waals surface area contributed by atoms with Crippen LogP contribution >= 0.6 is 38.9 Å². The van der Waals surface area contributed by atoms with Gasteiger partial charge < -0.3 is 5.11 Å². The van der Waals surface area contributed by atoms with Gasteiger partial charge in [0.15, 0.2) is 0 Å². The van der Waals surface area contributed by atoms with Gasteiger partial charge >= 0.3 is 7.87 Å². The number of nitrogens with zero attached hydrogens (tertiary/aromatic N) is 14. The molecule has 0 aliphatic carbocycles. The van der Waals surface area contributed by atoms with E-state index < -0.39 is 38.9 Å². The Balaban J connectivity index is 0. The van der Waals surface area contributed by atoms with Gasteiger partial charge in [0.05, 0.1) is 8.52 Å². The molecule has 1 atom stereocenters. The quantitative estimate of drug-likeness (QED) is 0.0555. The average molecular weight is 895 g/mol. The van der Waals surface area contributed by atoms with Crippen molar-refractivity contribution in [2.75, 3.05) is 147 Å². The molecular weight excluding hydrogens is 799 g/mol. The van der Waals surface area contributed by atoms with Crippen molar-refractivity contribution in [1.29, 1.82) is 0 Å². The second-order valence-electron chi connectivity index (χ2n) is 16.1. The highest BCUT2D eigenvalue weighted by Gasteiger charge is 2.53. The summed E-state index contributed by atoms with van der Waals surface area (Å²) in [6, 6.07) is 0. The van der Waals surface area contributed by atoms with Gasteiger partial charge in [0.25, 0.3) is 0 Å². The number of hydrogen-bond donors (Lipinski definition) is 0. The van der Waals surface area contributed by atoms with Crippen molar-refractivity contribution in [2.45, 2.75) is 97.8 Å². The van der Waals surface area contributed by atoms with Gasteiger partial charge in [0.1, 0.15) is 0 Å². The van der Waals surface area contributed by atoms with Crippen LogP contribution in [0.3, 0.4) is 0 Å². The molecule has 0 bridgehead atoms. The van der Waals surface area contributed by atoms with Gasteiger partial charge in [0.2, 0.25) is 22.5 Å². The van der Waals surface area contributed by atoms with Crippen molar-refractivity contribution in [1.82, 2.24) is 46.7 Å². The highest BCUT2D eigenvalue weighted by Crippen LogP contribution is 2.84. The molecule has 1 unspecified atom stereocenters. The van der Waals surface area contributed by atoms with Crippen LogP contribution in [0.1, 0.15) is 97.8 Å². The monoisotopic (exact) mass is 895 g/mol. The maximum Gasteiger partial charge on any atom is 0.499 e. The van der Waals surface area contributed by atoms with Crippen LogP contribution in [-0.4, -0.2) is 193 Å². The summed E-state index contributed by atoms with van der Waals surface area (Å²) in [4.78, 5) is 0. The SMILES string of the molecule is CCCCCCCCN(CCCCCCCC)[PH2]=N[P+](N=P(N(C)C)(N(C)C)N(C)C)(N=P(N(C)C)(N(C)C)N(C)C)N=P(N(C)C)(N(C)C)N(C)C.CC[O-]. The zero-order chi connectivity index (χ0) is 43.9. The van der Waals surface area contributed by atoms with E-state index in [9.17, 15) is 0 Å². The van der Waals surface area contributed by atoms with Gasteiger partial charge in [-0.1, -0.05) is 89.5 Å². The van der Waals surface area contributed by atoms with Gasteiger partial charge in [-0.2, -0.15) is 0 Å². The van der Waals surface area contributed by atoms with Crippen molar-refractivity contribution < 1.29 is 5.11 Å². The molecule has 0 heterocycles. The molecule has 20 heteroatoms. The Morgan fingerprint density at radius 2 is 0.607 bits per heavy atom. The number of hydrogen-bond acceptors (Lipinski definition) is 5. The predicted molar refractivity (Wildman–Crippen MR) is 259 cm³/mol. The molecule has 0 radical (unpaired) electrons. The molecule has 56 heavy (non-hydrogen) atoms. The fourth-order valence-electron chi connectivity index (χ4n) is 7.11. The standard InChI is InChI=1S/C34H90N14P5.C2H5O/c1-21-23-25-27-29-31-33-48(34-32-30-28-26-24-22-2)49-35-50(36-51(39(3)4,40(5)6)41(7)8,37-52(42(9)10,43(11)12)44(13)14)38-53(45(15)16,46(17)18)47(19)20;1-2-3/h21-34,49H2,1-20H3;2H2,1H3/q+1;-1. The maximum absolute atomic E-state index is 8.93. The first-order valence-electron chi connectivity index (χ1n) is 20.8. The van der Waals surface area contributed by atoms with Crippen LogP contribution in [0.4, 0.5) is 0 Å². The Hall–Kier alpha value is 0.910. The normalized spacial score (nSPS) is 13.8. The fourth-order valence-corrected chi connectivity index (χ4v) is 28.1. The van der Waals surface area contributed by atoms with E-state index in [0.717, 1.165) is 13.1 Å². The van der Waals surface area contributed by atoms with Crippen LogP contribution in [0.15, 0.2) is 18.1 Å². The number of unbranched alkanes of at least 4 members (excludes halogenated alkanes) is 10. The Bertz CT molecular complexity index is 1020. The third kappa shape index (κ3) is 17.7. The third-order valence-electron chi connectivity index (χ3n) is 9.52. The minimum absolute atomic E-state index is 0. The minimum Gasteiger partial charge on any atom is -0.855 e. The summed E-state index contributed by atoms with van der Waals surface area (Å²) in [6.45, 7) is 8.30. The highest BCUT2D eigenvalue weighted by molar-refractivity contribution is 7.86. The third-order valence-corrected chi connectivity index (χ3v) is 27.4. The summed E-state index contributed by atoms with van der Waals surface area (Å²) in [5.74, 6) is 0. The van der Waals surface area contributed by atoms with Crippen molar-refractivity contribution in [3.05, 3.63) is 0 Å². The molecule has 0 aromatic carbocycles. The van der Waals surface area contributed by atoms with Crippen LogP contribution in [0.2, 0.25) is 0 Å². The van der Waals surface area contributed by atoms with E-state index in [4.69, 9.17) is 23.2 Å². The van der Waals surface area contributed by atoms with Crippen molar-refractivity contribution in [3.63, 3.8) is 0 Å². The van der Waals surface area contributed by atoms with E-state index in [1.807, 2.05) is 0 Å². The lowest BCUT2D eigenvalue weighted by Gasteiger charge is -2.43. The molecule has 0 spiro atoms. The Kier molecular flexibility index (Phi) is 31.7. The van der Waals surface area contributed by atoms with Crippen molar-refractivity contribution >= 4 is 38.9 Å². The van der Waals surface area contributed by atoms with E-state index in [2.05, 4.69) is 187 Å². The van der Waals surface area contributed by atoms with Gasteiger partial charge in [-0.3, -0.25) is 4.67 Å². The molecule has 0 aliphatic rings. The molecule has 0 N–H and O–H groups in total. The molecule has 0 aromatic rings. The predicted octanol–water partition coefficient (Wildman–Crippen LogP) is 9.46. The largest absolute Gasteiger partial charge is 0.855 e. The summed E-state index contributed by atoms with van der Waals surface area (Å²) < 4.78 is 47.7. The fraction of sp³-hybridized carbons (Fsp3) is 1.00. The Morgan fingerprint density at radius 1 is 0.393 bits per heavy atom. The molecule has 15 nitrogen and oxygen atoms in total. The molecule has 0 aliphatic heterocycles. The molecule has 0 rings (SSSR count). The lowest BCUT2D eigenvalue weighted by molar-refractivity contribution is -0.361. The van der Waals surface area contributed by atoms with Gasteiger partial charge in [-0.05, 0) is 153 Å². The van der Waals surface area contributed by atoms with Crippen LogP contribution in [0.25, 0.3) is 0 Å². The van der Waals surface area contributed by atoms with Gasteiger partial charge in [-0.25, -0.2) is 42.0 Å². The lowest BCUT2D eigenvalue weighted by atomic mass is 10.1. The van der Waals surface area contributed by atoms with Crippen LogP contribution in [0.5, 0.6) is 0 Å². The van der Waals surface area contributed by atoms with E-state index in [-0.39, 0.29) is 6.61 Å². The van der Waals surface area contributed by atoms with E-state index in [1.165, 1.54) is 77.0 Å². The van der Waals surface area contributed by atoms with Crippen LogP contribution in [-0.2, 0) is 0 Å². The Labute approximate surface area is 352 Å². The smallest absolute Gasteiger partial charge is 0.499 e. The summed E-state index contributed by atoms with van der Waals surface area (Å²) in [7, 11) is 27.5.